The van der Waals surface area contributed by atoms with Crippen LogP contribution in [0.1, 0.15) is 20.8 Å². The van der Waals surface area contributed by atoms with Gasteiger partial charge in [-0.05, 0) is 12.1 Å². The minimum absolute atomic E-state index is 0.186. The lowest BCUT2D eigenvalue weighted by Gasteiger charge is -2.37. The molecule has 0 unspecified atom stereocenters. The molecule has 1 saturated heterocycles. The molecule has 2 aromatic rings. The molecule has 128 valence electrons. The summed E-state index contributed by atoms with van der Waals surface area (Å²) in [5, 5.41) is 0.640. The molecule has 24 heavy (non-hydrogen) atoms. The van der Waals surface area contributed by atoms with Crippen molar-refractivity contribution >= 4 is 23.5 Å². The predicted molar refractivity (Wildman–Crippen MR) is 95.2 cm³/mol. The number of nitrogens with zero attached hydrogens (tertiary/aromatic N) is 3. The Kier molecular flexibility index (Phi) is 4.54. The average Bonchev–Trinajstić information content (AvgIpc) is 3.03. The van der Waals surface area contributed by atoms with E-state index >= 15 is 0 Å². The number of carbonyl (C=O) groups excluding carboxylic acids is 1. The Bertz CT molecular complexity index is 728. The van der Waals surface area contributed by atoms with E-state index in [2.05, 4.69) is 9.88 Å². The van der Waals surface area contributed by atoms with Gasteiger partial charge in [-0.25, -0.2) is 4.98 Å². The molecule has 1 aromatic heterocycles. The summed E-state index contributed by atoms with van der Waals surface area (Å²) in [6, 6.07) is 8.12. The number of rotatable bonds is 2. The average molecular weight is 348 g/mol. The van der Waals surface area contributed by atoms with E-state index in [1.54, 1.807) is 6.20 Å². The minimum atomic E-state index is -0.345. The molecule has 5 nitrogen and oxygen atoms in total. The molecular formula is C18H22ClN3O2. The third-order valence-corrected chi connectivity index (χ3v) is 4.44. The Hall–Kier alpha value is -2.01. The number of benzene rings is 1. The van der Waals surface area contributed by atoms with E-state index in [0.717, 1.165) is 5.56 Å². The van der Waals surface area contributed by atoms with Crippen molar-refractivity contribution in [1.82, 2.24) is 9.88 Å². The molecule has 6 heteroatoms. The molecule has 2 heterocycles. The van der Waals surface area contributed by atoms with Crippen molar-refractivity contribution < 1.29 is 9.21 Å². The standard InChI is InChI=1S/C18H22ClN3O2/c1-18(2,3)16(23)21-8-10-22(11-9-21)17-20-12-15(24-17)13-6-4-5-7-14(13)19/h4-7,12H,8-11H2,1-3H3. The molecule has 0 bridgehead atoms. The third kappa shape index (κ3) is 3.41. The second kappa shape index (κ2) is 6.48. The summed E-state index contributed by atoms with van der Waals surface area (Å²) < 4.78 is 5.88. The number of piperazine rings is 1. The van der Waals surface area contributed by atoms with Crippen molar-refractivity contribution in [3.05, 3.63) is 35.5 Å². The van der Waals surface area contributed by atoms with Gasteiger partial charge in [0.15, 0.2) is 5.76 Å². The number of hydrogen-bond donors (Lipinski definition) is 0. The number of oxazole rings is 1. The Labute approximate surface area is 147 Å². The maximum atomic E-state index is 12.3. The third-order valence-electron chi connectivity index (χ3n) is 4.11. The monoisotopic (exact) mass is 347 g/mol. The molecule has 1 fully saturated rings. The van der Waals surface area contributed by atoms with Crippen LogP contribution in [0.15, 0.2) is 34.9 Å². The van der Waals surface area contributed by atoms with E-state index in [4.69, 9.17) is 16.0 Å². The maximum Gasteiger partial charge on any atom is 0.297 e. The second-order valence-corrected chi connectivity index (χ2v) is 7.42. The molecule has 0 aliphatic carbocycles. The lowest BCUT2D eigenvalue weighted by Crippen LogP contribution is -2.51. The van der Waals surface area contributed by atoms with Crippen LogP contribution < -0.4 is 4.90 Å². The van der Waals surface area contributed by atoms with E-state index in [0.29, 0.717) is 43.0 Å². The predicted octanol–water partition coefficient (Wildman–Crippen LogP) is 3.69. The lowest BCUT2D eigenvalue weighted by atomic mass is 9.94. The number of hydrogen-bond acceptors (Lipinski definition) is 4. The van der Waals surface area contributed by atoms with Gasteiger partial charge in [-0.15, -0.1) is 0 Å². The first-order valence-corrected chi connectivity index (χ1v) is 8.49. The number of aromatic nitrogens is 1. The molecular weight excluding hydrogens is 326 g/mol. The van der Waals surface area contributed by atoms with E-state index in [-0.39, 0.29) is 11.3 Å². The highest BCUT2D eigenvalue weighted by atomic mass is 35.5. The van der Waals surface area contributed by atoms with Crippen molar-refractivity contribution in [1.29, 1.82) is 0 Å². The van der Waals surface area contributed by atoms with E-state index < -0.39 is 0 Å². The van der Waals surface area contributed by atoms with Gasteiger partial charge in [0.05, 0.1) is 11.2 Å². The Morgan fingerprint density at radius 3 is 2.46 bits per heavy atom. The normalized spacial score (nSPS) is 15.7. The maximum absolute atomic E-state index is 12.3. The first-order valence-electron chi connectivity index (χ1n) is 8.11. The molecule has 0 N–H and O–H groups in total. The fourth-order valence-electron chi connectivity index (χ4n) is 2.77. The SMILES string of the molecule is CC(C)(C)C(=O)N1CCN(c2ncc(-c3ccccc3Cl)o2)CC1. The Morgan fingerprint density at radius 1 is 1.17 bits per heavy atom. The fourth-order valence-corrected chi connectivity index (χ4v) is 3.00. The minimum Gasteiger partial charge on any atom is -0.423 e. The van der Waals surface area contributed by atoms with E-state index in [1.165, 1.54) is 0 Å². The largest absolute Gasteiger partial charge is 0.423 e. The van der Waals surface area contributed by atoms with Crippen LogP contribution in [-0.4, -0.2) is 42.0 Å². The highest BCUT2D eigenvalue weighted by Crippen LogP contribution is 2.30. The van der Waals surface area contributed by atoms with Crippen LogP contribution in [0.4, 0.5) is 6.01 Å². The molecule has 0 atom stereocenters. The number of halogens is 1. The van der Waals surface area contributed by atoms with Gasteiger partial charge in [0.2, 0.25) is 5.91 Å². The van der Waals surface area contributed by atoms with Crippen molar-refractivity contribution in [2.45, 2.75) is 20.8 Å². The van der Waals surface area contributed by atoms with Gasteiger partial charge >= 0.3 is 0 Å². The molecule has 1 amide bonds. The summed E-state index contributed by atoms with van der Waals surface area (Å²) in [5.74, 6) is 0.843. The van der Waals surface area contributed by atoms with Gasteiger partial charge in [-0.2, -0.15) is 0 Å². The summed E-state index contributed by atoms with van der Waals surface area (Å²) >= 11 is 6.20. The van der Waals surface area contributed by atoms with Gasteiger partial charge in [-0.3, -0.25) is 4.79 Å². The van der Waals surface area contributed by atoms with Crippen molar-refractivity contribution in [3.63, 3.8) is 0 Å². The molecule has 0 radical (unpaired) electrons. The summed E-state index contributed by atoms with van der Waals surface area (Å²) in [7, 11) is 0. The first kappa shape index (κ1) is 16.8. The summed E-state index contributed by atoms with van der Waals surface area (Å²) in [5.41, 5.74) is 0.488. The van der Waals surface area contributed by atoms with Crippen LogP contribution in [-0.2, 0) is 4.79 Å². The Balaban J connectivity index is 1.68. The first-order chi connectivity index (χ1) is 11.4. The quantitative estimate of drug-likeness (QED) is 0.831. The number of amides is 1. The zero-order chi connectivity index (χ0) is 17.3. The zero-order valence-corrected chi connectivity index (χ0v) is 15.0. The summed E-state index contributed by atoms with van der Waals surface area (Å²) in [6.45, 7) is 8.64. The lowest BCUT2D eigenvalue weighted by molar-refractivity contribution is -0.139. The highest BCUT2D eigenvalue weighted by molar-refractivity contribution is 6.33. The highest BCUT2D eigenvalue weighted by Gasteiger charge is 2.30. The van der Waals surface area contributed by atoms with Gasteiger partial charge < -0.3 is 14.2 Å². The topological polar surface area (TPSA) is 49.6 Å². The summed E-state index contributed by atoms with van der Waals surface area (Å²) in [6.07, 6.45) is 1.70. The van der Waals surface area contributed by atoms with Crippen LogP contribution in [0.2, 0.25) is 5.02 Å². The molecule has 3 rings (SSSR count). The second-order valence-electron chi connectivity index (χ2n) is 7.02. The van der Waals surface area contributed by atoms with Gasteiger partial charge in [0, 0.05) is 37.2 Å². The van der Waals surface area contributed by atoms with Crippen LogP contribution in [0, 0.1) is 5.41 Å². The van der Waals surface area contributed by atoms with Gasteiger partial charge in [0.25, 0.3) is 6.01 Å². The van der Waals surface area contributed by atoms with Crippen molar-refractivity contribution in [2.75, 3.05) is 31.1 Å². The van der Waals surface area contributed by atoms with E-state index in [1.807, 2.05) is 49.9 Å². The number of carbonyl (C=O) groups is 1. The van der Waals surface area contributed by atoms with Gasteiger partial charge in [-0.1, -0.05) is 44.5 Å². The van der Waals surface area contributed by atoms with Crippen LogP contribution in [0.25, 0.3) is 11.3 Å². The van der Waals surface area contributed by atoms with Crippen molar-refractivity contribution in [2.24, 2.45) is 5.41 Å². The summed E-state index contributed by atoms with van der Waals surface area (Å²) in [4.78, 5) is 20.7. The van der Waals surface area contributed by atoms with E-state index in [9.17, 15) is 4.79 Å². The molecule has 1 aliphatic rings. The molecule has 0 saturated carbocycles. The smallest absolute Gasteiger partial charge is 0.297 e. The van der Waals surface area contributed by atoms with Gasteiger partial charge in [0.1, 0.15) is 0 Å². The number of anilines is 1. The fraction of sp³-hybridized carbons (Fsp3) is 0.444. The van der Waals surface area contributed by atoms with Crippen LogP contribution >= 0.6 is 11.6 Å². The van der Waals surface area contributed by atoms with Crippen molar-refractivity contribution in [3.8, 4) is 11.3 Å². The molecule has 0 spiro atoms. The van der Waals surface area contributed by atoms with Crippen LogP contribution in [0.3, 0.4) is 0 Å². The molecule has 1 aromatic carbocycles. The Morgan fingerprint density at radius 2 is 1.83 bits per heavy atom. The zero-order valence-electron chi connectivity index (χ0n) is 14.3. The molecule has 1 aliphatic heterocycles. The van der Waals surface area contributed by atoms with Crippen LogP contribution in [0.5, 0.6) is 0 Å².